The Morgan fingerprint density at radius 1 is 0.264 bits per heavy atom. The number of fused-ring (bicyclic) bond motifs is 12. The minimum absolute atomic E-state index is 0.137. The van der Waals surface area contributed by atoms with Gasteiger partial charge in [-0.25, -0.2) is 0 Å². The maximum absolute atomic E-state index is 2.47. The first kappa shape index (κ1) is 42.1. The Labute approximate surface area is 423 Å². The van der Waals surface area contributed by atoms with E-state index in [0.29, 0.717) is 0 Å². The minimum atomic E-state index is -0.568. The van der Waals surface area contributed by atoms with Crippen molar-refractivity contribution in [3.8, 4) is 44.5 Å². The molecular formula is C71H51N. The number of benzene rings is 11. The highest BCUT2D eigenvalue weighted by atomic mass is 15.1. The van der Waals surface area contributed by atoms with Crippen LogP contribution in [0, 0.1) is 0 Å². The fourth-order valence-corrected chi connectivity index (χ4v) is 13.5. The molecule has 14 rings (SSSR count). The summed E-state index contributed by atoms with van der Waals surface area (Å²) in [5.41, 5.74) is 25.3. The summed E-state index contributed by atoms with van der Waals surface area (Å²) in [4.78, 5) is 2.47. The van der Waals surface area contributed by atoms with Gasteiger partial charge in [-0.1, -0.05) is 257 Å². The van der Waals surface area contributed by atoms with Crippen LogP contribution in [0.15, 0.2) is 273 Å². The third-order valence-electron chi connectivity index (χ3n) is 16.4. The topological polar surface area (TPSA) is 3.24 Å². The molecule has 0 heterocycles. The fraction of sp³-hybridized carbons (Fsp3) is 0.0704. The molecule has 0 saturated heterocycles. The fourth-order valence-electron chi connectivity index (χ4n) is 13.5. The molecule has 11 aromatic carbocycles. The number of rotatable bonds is 7. The van der Waals surface area contributed by atoms with Crippen molar-refractivity contribution in [1.29, 1.82) is 0 Å². The third-order valence-corrected chi connectivity index (χ3v) is 16.4. The summed E-state index contributed by atoms with van der Waals surface area (Å²) in [5.74, 6) is 0. The molecule has 1 spiro atoms. The third kappa shape index (κ3) is 5.83. The van der Waals surface area contributed by atoms with E-state index >= 15 is 0 Å². The van der Waals surface area contributed by atoms with Gasteiger partial charge in [-0.15, -0.1) is 0 Å². The Kier molecular flexibility index (Phi) is 9.44. The van der Waals surface area contributed by atoms with Crippen molar-refractivity contribution in [3.05, 3.63) is 329 Å². The second-order valence-corrected chi connectivity index (χ2v) is 20.3. The van der Waals surface area contributed by atoms with Crippen LogP contribution in [-0.2, 0) is 16.2 Å². The van der Waals surface area contributed by atoms with Crippen LogP contribution < -0.4 is 4.90 Å². The van der Waals surface area contributed by atoms with Gasteiger partial charge in [0.15, 0.2) is 0 Å². The zero-order chi connectivity index (χ0) is 48.0. The van der Waals surface area contributed by atoms with E-state index < -0.39 is 10.8 Å². The second-order valence-electron chi connectivity index (χ2n) is 20.3. The Morgan fingerprint density at radius 3 is 1.32 bits per heavy atom. The van der Waals surface area contributed by atoms with E-state index in [2.05, 4.69) is 292 Å². The molecule has 1 nitrogen and oxygen atoms in total. The SMILES string of the molecule is CC1(C)c2ccccc2-c2ccc(N(c3ccc(-c4cccc5c4-c4ccccc4C54c5ccccc5C(c5ccccc5)(c5ccccc5)c5ccccc54)cc3)c3ccccc3-c3ccccc3)cc21. The van der Waals surface area contributed by atoms with Gasteiger partial charge < -0.3 is 4.90 Å². The summed E-state index contributed by atoms with van der Waals surface area (Å²) >= 11 is 0. The van der Waals surface area contributed by atoms with Crippen LogP contribution in [-0.4, -0.2) is 0 Å². The molecule has 72 heavy (non-hydrogen) atoms. The first-order valence-corrected chi connectivity index (χ1v) is 25.3. The largest absolute Gasteiger partial charge is 0.310 e. The molecule has 340 valence electrons. The summed E-state index contributed by atoms with van der Waals surface area (Å²) in [6, 6.07) is 102. The van der Waals surface area contributed by atoms with Crippen LogP contribution in [0.4, 0.5) is 17.1 Å². The normalized spacial score (nSPS) is 14.6. The maximum atomic E-state index is 2.47. The van der Waals surface area contributed by atoms with Gasteiger partial charge in [0.2, 0.25) is 0 Å². The standard InChI is InChI=1S/C71H51N/c1-69(2)59-33-15-12-30-56(59)57-46-45-53(47-66(57)69)72(67-40-21-14-29-54(67)48-23-6-3-7-24-48)52-43-41-49(42-44-52)55-32-22-39-65-68(55)58-31-13-16-34-60(58)71(65)63-37-19-17-35-61(63)70(50-25-8-4-9-26-50,51-27-10-5-11-28-51)62-36-18-20-38-64(62)71/h3-47H,1-2H3. The smallest absolute Gasteiger partial charge is 0.0720 e. The predicted octanol–water partition coefficient (Wildman–Crippen LogP) is 17.9. The van der Waals surface area contributed by atoms with E-state index in [9.17, 15) is 0 Å². The molecule has 3 aliphatic carbocycles. The molecule has 0 radical (unpaired) electrons. The van der Waals surface area contributed by atoms with Gasteiger partial charge in [0, 0.05) is 22.4 Å². The molecule has 0 saturated carbocycles. The summed E-state index contributed by atoms with van der Waals surface area (Å²) in [6.07, 6.45) is 0. The van der Waals surface area contributed by atoms with E-state index in [-0.39, 0.29) is 5.41 Å². The minimum Gasteiger partial charge on any atom is -0.310 e. The van der Waals surface area contributed by atoms with E-state index in [4.69, 9.17) is 0 Å². The molecule has 0 unspecified atom stereocenters. The summed E-state index contributed by atoms with van der Waals surface area (Å²) < 4.78 is 0. The monoisotopic (exact) mass is 917 g/mol. The average Bonchev–Trinajstić information content (AvgIpc) is 3.88. The molecule has 0 bridgehead atoms. The van der Waals surface area contributed by atoms with Gasteiger partial charge in [-0.3, -0.25) is 0 Å². The highest BCUT2D eigenvalue weighted by Gasteiger charge is 2.57. The number of anilines is 3. The van der Waals surface area contributed by atoms with Crippen molar-refractivity contribution in [1.82, 2.24) is 0 Å². The molecule has 0 aliphatic heterocycles. The quantitative estimate of drug-likeness (QED) is 0.154. The molecule has 11 aromatic rings. The van der Waals surface area contributed by atoms with Crippen molar-refractivity contribution in [3.63, 3.8) is 0 Å². The zero-order valence-electron chi connectivity index (χ0n) is 40.4. The lowest BCUT2D eigenvalue weighted by Crippen LogP contribution is -2.44. The van der Waals surface area contributed by atoms with Crippen LogP contribution in [0.5, 0.6) is 0 Å². The summed E-state index contributed by atoms with van der Waals surface area (Å²) in [5, 5.41) is 0. The number of hydrogen-bond acceptors (Lipinski definition) is 1. The lowest BCUT2D eigenvalue weighted by atomic mass is 9.51. The number of para-hydroxylation sites is 1. The van der Waals surface area contributed by atoms with Crippen molar-refractivity contribution >= 4 is 17.1 Å². The lowest BCUT2D eigenvalue weighted by molar-refractivity contribution is 0.623. The van der Waals surface area contributed by atoms with Crippen LogP contribution in [0.3, 0.4) is 0 Å². The van der Waals surface area contributed by atoms with E-state index in [1.165, 1.54) is 100 Å². The van der Waals surface area contributed by atoms with Gasteiger partial charge in [0.25, 0.3) is 0 Å². The van der Waals surface area contributed by atoms with E-state index in [0.717, 1.165) is 17.1 Å². The number of hydrogen-bond donors (Lipinski definition) is 0. The van der Waals surface area contributed by atoms with Crippen molar-refractivity contribution in [2.24, 2.45) is 0 Å². The van der Waals surface area contributed by atoms with Gasteiger partial charge >= 0.3 is 0 Å². The van der Waals surface area contributed by atoms with Crippen LogP contribution >= 0.6 is 0 Å². The summed E-state index contributed by atoms with van der Waals surface area (Å²) in [6.45, 7) is 4.74. The molecule has 0 aromatic heterocycles. The predicted molar refractivity (Wildman–Crippen MR) is 299 cm³/mol. The highest BCUT2D eigenvalue weighted by Crippen LogP contribution is 2.65. The van der Waals surface area contributed by atoms with Gasteiger partial charge in [0.05, 0.1) is 16.5 Å². The van der Waals surface area contributed by atoms with Gasteiger partial charge in [0.1, 0.15) is 0 Å². The molecule has 0 atom stereocenters. The number of nitrogens with zero attached hydrogens (tertiary/aromatic N) is 1. The van der Waals surface area contributed by atoms with Gasteiger partial charge in [-0.05, 0) is 125 Å². The van der Waals surface area contributed by atoms with Crippen LogP contribution in [0.2, 0.25) is 0 Å². The van der Waals surface area contributed by atoms with Crippen LogP contribution in [0.1, 0.15) is 69.5 Å². The second kappa shape index (κ2) is 16.1. The van der Waals surface area contributed by atoms with Crippen molar-refractivity contribution < 1.29 is 0 Å². The Morgan fingerprint density at radius 2 is 0.694 bits per heavy atom. The average molecular weight is 918 g/mol. The Bertz CT molecular complexity index is 3790. The first-order chi connectivity index (χ1) is 35.5. The first-order valence-electron chi connectivity index (χ1n) is 25.3. The van der Waals surface area contributed by atoms with E-state index in [1.54, 1.807) is 0 Å². The highest BCUT2D eigenvalue weighted by molar-refractivity contribution is 5.98. The van der Waals surface area contributed by atoms with Crippen LogP contribution in [0.25, 0.3) is 44.5 Å². The molecule has 1 heteroatoms. The lowest BCUT2D eigenvalue weighted by Gasteiger charge is -2.50. The molecule has 0 fully saturated rings. The van der Waals surface area contributed by atoms with Crippen molar-refractivity contribution in [2.75, 3.05) is 4.90 Å². The van der Waals surface area contributed by atoms with E-state index in [1.807, 2.05) is 0 Å². The summed E-state index contributed by atoms with van der Waals surface area (Å²) in [7, 11) is 0. The molecule has 0 N–H and O–H groups in total. The zero-order valence-corrected chi connectivity index (χ0v) is 40.4. The van der Waals surface area contributed by atoms with Gasteiger partial charge in [-0.2, -0.15) is 0 Å². The van der Waals surface area contributed by atoms with Crippen molar-refractivity contribution in [2.45, 2.75) is 30.1 Å². The Balaban J connectivity index is 0.965. The molecular weight excluding hydrogens is 867 g/mol. The Hall–Kier alpha value is -8.78. The molecule has 3 aliphatic rings. The molecule has 0 amide bonds. The maximum Gasteiger partial charge on any atom is 0.0720 e.